The van der Waals surface area contributed by atoms with Crippen molar-refractivity contribution in [2.75, 3.05) is 0 Å². The van der Waals surface area contributed by atoms with E-state index in [0.29, 0.717) is 6.42 Å². The molecule has 0 spiro atoms. The number of nitrogens with zero attached hydrogens (tertiary/aromatic N) is 1. The van der Waals surface area contributed by atoms with E-state index >= 15 is 0 Å². The number of carbonyl (C=O) groups excluding carboxylic acids is 1. The van der Waals surface area contributed by atoms with E-state index in [-0.39, 0.29) is 11.9 Å². The molecule has 1 fully saturated rings. The predicted octanol–water partition coefficient (Wildman–Crippen LogP) is 3.00. The Bertz CT molecular complexity index is 640. The molecule has 0 unspecified atom stereocenters. The number of benzene rings is 2. The summed E-state index contributed by atoms with van der Waals surface area (Å²) in [6.07, 6.45) is 2.16. The zero-order chi connectivity index (χ0) is 15.5. The summed E-state index contributed by atoms with van der Waals surface area (Å²) in [6.45, 7) is 1.66. The summed E-state index contributed by atoms with van der Waals surface area (Å²) in [4.78, 5) is 13.4. The van der Waals surface area contributed by atoms with E-state index in [0.717, 1.165) is 12.8 Å². The number of hydrogen-bond acceptors (Lipinski definition) is 2. The van der Waals surface area contributed by atoms with E-state index in [4.69, 9.17) is 0 Å². The molecule has 0 saturated carbocycles. The molecule has 1 aliphatic heterocycles. The van der Waals surface area contributed by atoms with Gasteiger partial charge in [-0.1, -0.05) is 54.6 Å². The fourth-order valence-electron chi connectivity index (χ4n) is 3.21. The summed E-state index contributed by atoms with van der Waals surface area (Å²) in [5.41, 5.74) is 3.60. The lowest BCUT2D eigenvalue weighted by Crippen LogP contribution is -2.44. The fraction of sp³-hybridized carbons (Fsp3) is 0.278. The third kappa shape index (κ3) is 3.07. The summed E-state index contributed by atoms with van der Waals surface area (Å²) >= 11 is 0. The summed E-state index contributed by atoms with van der Waals surface area (Å²) in [5, 5.41) is 9.77. The molecule has 1 N–H and O–H groups in total. The molecule has 1 aliphatic rings. The maximum Gasteiger partial charge on any atom is 0.411 e. The topological polar surface area (TPSA) is 40.5 Å². The molecule has 4 heteroatoms. The van der Waals surface area contributed by atoms with Crippen molar-refractivity contribution in [2.45, 2.75) is 32.1 Å². The first-order chi connectivity index (χ1) is 10.6. The molecular formula is C18H20BNO2. The Morgan fingerprint density at radius 1 is 1.09 bits per heavy atom. The molecular weight excluding hydrogens is 273 g/mol. The Kier molecular flexibility index (Phi) is 4.30. The second-order valence-corrected chi connectivity index (χ2v) is 5.89. The first kappa shape index (κ1) is 14.9. The van der Waals surface area contributed by atoms with Gasteiger partial charge in [0.05, 0.1) is 0 Å². The standard InChI is InChI=1S/C18H20BNO2/c1-19(22)20-17(11-12-18(20)21)13-14-7-9-16(10-8-14)15-5-3-2-4-6-15/h2-10,17,22H,11-13H2,1H3/t17-/m0/s1. The van der Waals surface area contributed by atoms with Crippen molar-refractivity contribution >= 4 is 13.0 Å². The van der Waals surface area contributed by atoms with Crippen LogP contribution < -0.4 is 0 Å². The van der Waals surface area contributed by atoms with E-state index in [9.17, 15) is 9.82 Å². The monoisotopic (exact) mass is 293 g/mol. The maximum absolute atomic E-state index is 11.8. The van der Waals surface area contributed by atoms with Crippen LogP contribution in [0.5, 0.6) is 0 Å². The SMILES string of the molecule is CB(O)N1C(=O)CC[C@H]1Cc1ccc(-c2ccccc2)cc1. The van der Waals surface area contributed by atoms with E-state index in [1.165, 1.54) is 16.7 Å². The van der Waals surface area contributed by atoms with Crippen molar-refractivity contribution in [3.63, 3.8) is 0 Å². The molecule has 0 aliphatic carbocycles. The minimum atomic E-state index is -0.705. The number of hydrogen-bond donors (Lipinski definition) is 1. The largest absolute Gasteiger partial charge is 0.432 e. The molecule has 112 valence electrons. The van der Waals surface area contributed by atoms with Crippen molar-refractivity contribution in [1.29, 1.82) is 0 Å². The lowest BCUT2D eigenvalue weighted by Gasteiger charge is -2.25. The second kappa shape index (κ2) is 6.36. The molecule has 2 aromatic carbocycles. The van der Waals surface area contributed by atoms with Gasteiger partial charge in [-0.05, 0) is 36.4 Å². The number of amides is 1. The van der Waals surface area contributed by atoms with Crippen LogP contribution >= 0.6 is 0 Å². The van der Waals surface area contributed by atoms with Crippen molar-refractivity contribution in [2.24, 2.45) is 0 Å². The van der Waals surface area contributed by atoms with Crippen LogP contribution in [0, 0.1) is 0 Å². The molecule has 22 heavy (non-hydrogen) atoms. The lowest BCUT2D eigenvalue weighted by molar-refractivity contribution is -0.125. The predicted molar refractivity (Wildman–Crippen MR) is 89.3 cm³/mol. The summed E-state index contributed by atoms with van der Waals surface area (Å²) < 4.78 is 0. The van der Waals surface area contributed by atoms with Crippen LogP contribution in [0.25, 0.3) is 11.1 Å². The molecule has 0 aromatic heterocycles. The Morgan fingerprint density at radius 2 is 1.73 bits per heavy atom. The molecule has 2 aromatic rings. The van der Waals surface area contributed by atoms with Crippen LogP contribution in [0.1, 0.15) is 18.4 Å². The molecule has 0 bridgehead atoms. The van der Waals surface area contributed by atoms with Gasteiger partial charge >= 0.3 is 7.05 Å². The van der Waals surface area contributed by atoms with Gasteiger partial charge in [0, 0.05) is 12.5 Å². The molecule has 1 amide bonds. The molecule has 1 saturated heterocycles. The highest BCUT2D eigenvalue weighted by Crippen LogP contribution is 2.25. The van der Waals surface area contributed by atoms with Gasteiger partial charge in [0.2, 0.25) is 5.91 Å². The highest BCUT2D eigenvalue weighted by atomic mass is 16.2. The Hall–Kier alpha value is -2.07. The summed E-state index contributed by atoms with van der Waals surface area (Å²) in [5.74, 6) is 0.0564. The fourth-order valence-corrected chi connectivity index (χ4v) is 3.21. The van der Waals surface area contributed by atoms with Crippen LogP contribution in [0.2, 0.25) is 6.82 Å². The van der Waals surface area contributed by atoms with Crippen molar-refractivity contribution < 1.29 is 9.82 Å². The van der Waals surface area contributed by atoms with E-state index in [1.54, 1.807) is 11.6 Å². The molecule has 3 nitrogen and oxygen atoms in total. The Labute approximate surface area is 131 Å². The molecule has 1 heterocycles. The van der Waals surface area contributed by atoms with Gasteiger partial charge in [-0.15, -0.1) is 0 Å². The average molecular weight is 293 g/mol. The van der Waals surface area contributed by atoms with Gasteiger partial charge in [-0.2, -0.15) is 0 Å². The average Bonchev–Trinajstić information content (AvgIpc) is 2.90. The highest BCUT2D eigenvalue weighted by molar-refractivity contribution is 6.49. The van der Waals surface area contributed by atoms with Crippen LogP contribution in [0.3, 0.4) is 0 Å². The van der Waals surface area contributed by atoms with Crippen LogP contribution in [-0.2, 0) is 11.2 Å². The smallest absolute Gasteiger partial charge is 0.411 e. The molecule has 3 rings (SSSR count). The summed E-state index contributed by atoms with van der Waals surface area (Å²) in [6, 6.07) is 18.9. The second-order valence-electron chi connectivity index (χ2n) is 5.89. The van der Waals surface area contributed by atoms with Crippen LogP contribution in [0.15, 0.2) is 54.6 Å². The van der Waals surface area contributed by atoms with E-state index in [1.807, 2.05) is 18.2 Å². The van der Waals surface area contributed by atoms with Crippen molar-refractivity contribution in [3.05, 3.63) is 60.2 Å². The Balaban J connectivity index is 1.73. The van der Waals surface area contributed by atoms with Gasteiger partial charge in [0.25, 0.3) is 0 Å². The number of carbonyl (C=O) groups is 1. The Morgan fingerprint density at radius 3 is 2.36 bits per heavy atom. The zero-order valence-electron chi connectivity index (χ0n) is 12.8. The quantitative estimate of drug-likeness (QED) is 0.880. The third-order valence-corrected chi connectivity index (χ3v) is 4.31. The normalized spacial score (nSPS) is 17.8. The first-order valence-corrected chi connectivity index (χ1v) is 7.79. The minimum absolute atomic E-state index is 0.0564. The zero-order valence-corrected chi connectivity index (χ0v) is 12.8. The van der Waals surface area contributed by atoms with Crippen molar-refractivity contribution in [1.82, 2.24) is 4.81 Å². The van der Waals surface area contributed by atoms with Crippen LogP contribution in [0.4, 0.5) is 0 Å². The first-order valence-electron chi connectivity index (χ1n) is 7.79. The molecule has 1 atom stereocenters. The highest BCUT2D eigenvalue weighted by Gasteiger charge is 2.35. The lowest BCUT2D eigenvalue weighted by atomic mass is 9.83. The maximum atomic E-state index is 11.8. The van der Waals surface area contributed by atoms with Crippen molar-refractivity contribution in [3.8, 4) is 11.1 Å². The third-order valence-electron chi connectivity index (χ3n) is 4.31. The van der Waals surface area contributed by atoms with Gasteiger partial charge in [-0.3, -0.25) is 4.79 Å². The molecule has 0 radical (unpaired) electrons. The van der Waals surface area contributed by atoms with E-state index in [2.05, 4.69) is 36.4 Å². The van der Waals surface area contributed by atoms with E-state index < -0.39 is 7.05 Å². The minimum Gasteiger partial charge on any atom is -0.432 e. The number of rotatable bonds is 4. The van der Waals surface area contributed by atoms with Crippen LogP contribution in [-0.4, -0.2) is 28.8 Å². The van der Waals surface area contributed by atoms with Gasteiger partial charge in [-0.25, -0.2) is 0 Å². The van der Waals surface area contributed by atoms with Gasteiger partial charge in [0.15, 0.2) is 0 Å². The van der Waals surface area contributed by atoms with Gasteiger partial charge < -0.3 is 9.83 Å². The summed E-state index contributed by atoms with van der Waals surface area (Å²) in [7, 11) is -0.705. The van der Waals surface area contributed by atoms with Gasteiger partial charge in [0.1, 0.15) is 0 Å².